The van der Waals surface area contributed by atoms with Crippen LogP contribution in [0.1, 0.15) is 17.3 Å². The first-order chi connectivity index (χ1) is 9.06. The van der Waals surface area contributed by atoms with Gasteiger partial charge in [0.2, 0.25) is 0 Å². The van der Waals surface area contributed by atoms with Crippen molar-refractivity contribution >= 4 is 27.7 Å². The Balaban J connectivity index is 2.46. The zero-order valence-electron chi connectivity index (χ0n) is 10.00. The van der Waals surface area contributed by atoms with Gasteiger partial charge in [0.1, 0.15) is 13.2 Å². The Morgan fingerprint density at radius 3 is 2.79 bits per heavy atom. The number of carbonyl (C=O) groups excluding carboxylic acids is 2. The summed E-state index contributed by atoms with van der Waals surface area (Å²) in [6.45, 7) is 2.07. The largest absolute Gasteiger partial charge is 0.486 e. The number of carbonyl (C=O) groups is 2. The molecule has 2 rings (SSSR count). The van der Waals surface area contributed by atoms with Crippen LogP contribution in [0.4, 0.5) is 4.39 Å². The zero-order chi connectivity index (χ0) is 14.0. The molecule has 0 saturated heterocycles. The van der Waals surface area contributed by atoms with Crippen molar-refractivity contribution in [3.05, 3.63) is 21.9 Å². The lowest BCUT2D eigenvalue weighted by Crippen LogP contribution is -2.22. The van der Waals surface area contributed by atoms with Crippen LogP contribution < -0.4 is 9.47 Å². The molecule has 5 nitrogen and oxygen atoms in total. The van der Waals surface area contributed by atoms with E-state index in [9.17, 15) is 14.0 Å². The van der Waals surface area contributed by atoms with Gasteiger partial charge in [-0.15, -0.1) is 0 Å². The Hall–Kier alpha value is -1.63. The van der Waals surface area contributed by atoms with Crippen molar-refractivity contribution in [1.82, 2.24) is 0 Å². The first-order valence-electron chi connectivity index (χ1n) is 5.55. The van der Waals surface area contributed by atoms with Gasteiger partial charge in [-0.1, -0.05) is 0 Å². The van der Waals surface area contributed by atoms with Gasteiger partial charge in [0.25, 0.3) is 5.78 Å². The normalized spacial score (nSPS) is 13.0. The first kappa shape index (κ1) is 13.8. The summed E-state index contributed by atoms with van der Waals surface area (Å²) in [5.74, 6) is -3.08. The molecule has 1 aromatic carbocycles. The number of hydrogen-bond donors (Lipinski definition) is 0. The lowest BCUT2D eigenvalue weighted by molar-refractivity contribution is -0.137. The van der Waals surface area contributed by atoms with Gasteiger partial charge in [0.15, 0.2) is 17.3 Å². The molecule has 1 aliphatic rings. The van der Waals surface area contributed by atoms with Crippen LogP contribution in [0.25, 0.3) is 0 Å². The van der Waals surface area contributed by atoms with Crippen LogP contribution in [0.2, 0.25) is 0 Å². The molecular weight excluding hydrogens is 323 g/mol. The molecule has 0 spiro atoms. The molecule has 1 aromatic rings. The number of benzene rings is 1. The third-order valence-corrected chi connectivity index (χ3v) is 3.04. The van der Waals surface area contributed by atoms with Crippen LogP contribution >= 0.6 is 15.9 Å². The van der Waals surface area contributed by atoms with E-state index >= 15 is 0 Å². The van der Waals surface area contributed by atoms with Gasteiger partial charge in [-0.2, -0.15) is 0 Å². The molecule has 0 atom stereocenters. The van der Waals surface area contributed by atoms with Gasteiger partial charge in [-0.3, -0.25) is 4.79 Å². The maximum absolute atomic E-state index is 14.2. The number of rotatable bonds is 3. The highest BCUT2D eigenvalue weighted by Gasteiger charge is 2.30. The Kier molecular flexibility index (Phi) is 4.04. The quantitative estimate of drug-likeness (QED) is 0.482. The van der Waals surface area contributed by atoms with Crippen molar-refractivity contribution in [1.29, 1.82) is 0 Å². The number of ketones is 1. The summed E-state index contributed by atoms with van der Waals surface area (Å²) in [5.41, 5.74) is -0.414. The molecule has 0 fully saturated rings. The van der Waals surface area contributed by atoms with E-state index in [0.717, 1.165) is 0 Å². The third kappa shape index (κ3) is 2.56. The van der Waals surface area contributed by atoms with Gasteiger partial charge >= 0.3 is 5.97 Å². The monoisotopic (exact) mass is 332 g/mol. The minimum Gasteiger partial charge on any atom is -0.486 e. The summed E-state index contributed by atoms with van der Waals surface area (Å²) in [4.78, 5) is 23.2. The molecule has 1 aliphatic heterocycles. The topological polar surface area (TPSA) is 61.8 Å². The molecule has 7 heteroatoms. The SMILES string of the molecule is CCOC(=O)C(=O)c1c(Br)cc2c(c1F)OCCO2. The molecular formula is C12H10BrFO5. The lowest BCUT2D eigenvalue weighted by Gasteiger charge is -2.20. The van der Waals surface area contributed by atoms with Gasteiger partial charge in [-0.25, -0.2) is 9.18 Å². The summed E-state index contributed by atoms with van der Waals surface area (Å²) >= 11 is 3.04. The maximum Gasteiger partial charge on any atom is 0.379 e. The highest BCUT2D eigenvalue weighted by molar-refractivity contribution is 9.10. The molecule has 0 amide bonds. The zero-order valence-corrected chi connectivity index (χ0v) is 11.6. The van der Waals surface area contributed by atoms with Crippen LogP contribution in [-0.4, -0.2) is 31.6 Å². The van der Waals surface area contributed by atoms with Crippen molar-refractivity contribution in [2.75, 3.05) is 19.8 Å². The summed E-state index contributed by atoms with van der Waals surface area (Å²) in [7, 11) is 0. The van der Waals surface area contributed by atoms with E-state index in [2.05, 4.69) is 20.7 Å². The van der Waals surface area contributed by atoms with E-state index in [-0.39, 0.29) is 29.2 Å². The lowest BCUT2D eigenvalue weighted by atomic mass is 10.1. The number of esters is 1. The molecule has 19 heavy (non-hydrogen) atoms. The predicted octanol–water partition coefficient (Wildman–Crippen LogP) is 2.11. The van der Waals surface area contributed by atoms with Gasteiger partial charge in [-0.05, 0) is 28.9 Å². The summed E-state index contributed by atoms with van der Waals surface area (Å²) in [6, 6.07) is 1.39. The highest BCUT2D eigenvalue weighted by atomic mass is 79.9. The standard InChI is InChI=1S/C12H10BrFO5/c1-2-17-12(16)10(15)8-6(13)5-7-11(9(8)14)19-4-3-18-7/h5H,2-4H2,1H3. The van der Waals surface area contributed by atoms with E-state index in [4.69, 9.17) is 9.47 Å². The van der Waals surface area contributed by atoms with Gasteiger partial charge in [0.05, 0.1) is 12.2 Å². The number of ether oxygens (including phenoxy) is 3. The predicted molar refractivity (Wildman–Crippen MR) is 66.1 cm³/mol. The van der Waals surface area contributed by atoms with Gasteiger partial charge in [0, 0.05) is 4.47 Å². The van der Waals surface area contributed by atoms with Crippen LogP contribution in [0.3, 0.4) is 0 Å². The molecule has 0 unspecified atom stereocenters. The van der Waals surface area contributed by atoms with Crippen molar-refractivity contribution in [3.63, 3.8) is 0 Å². The Labute approximate surface area is 116 Å². The van der Waals surface area contributed by atoms with E-state index in [1.807, 2.05) is 0 Å². The van der Waals surface area contributed by atoms with Crippen LogP contribution in [0.15, 0.2) is 10.5 Å². The number of hydrogen-bond acceptors (Lipinski definition) is 5. The highest BCUT2D eigenvalue weighted by Crippen LogP contribution is 2.39. The second-order valence-electron chi connectivity index (χ2n) is 3.62. The summed E-state index contributed by atoms with van der Waals surface area (Å²) in [6.07, 6.45) is 0. The third-order valence-electron chi connectivity index (χ3n) is 2.41. The van der Waals surface area contributed by atoms with Crippen LogP contribution in [0.5, 0.6) is 11.5 Å². The fourth-order valence-electron chi connectivity index (χ4n) is 1.62. The minimum atomic E-state index is -1.11. The maximum atomic E-state index is 14.2. The van der Waals surface area contributed by atoms with E-state index in [1.54, 1.807) is 6.92 Å². The Morgan fingerprint density at radius 1 is 1.42 bits per heavy atom. The first-order valence-corrected chi connectivity index (χ1v) is 6.34. The molecule has 102 valence electrons. The molecule has 0 aromatic heterocycles. The van der Waals surface area contributed by atoms with E-state index in [0.29, 0.717) is 6.61 Å². The van der Waals surface area contributed by atoms with Crippen LogP contribution in [0, 0.1) is 5.82 Å². The molecule has 0 bridgehead atoms. The minimum absolute atomic E-state index is 0.0361. The molecule has 0 N–H and O–H groups in total. The Morgan fingerprint density at radius 2 is 2.11 bits per heavy atom. The van der Waals surface area contributed by atoms with Gasteiger partial charge < -0.3 is 14.2 Å². The second kappa shape index (κ2) is 5.56. The molecule has 0 saturated carbocycles. The number of fused-ring (bicyclic) bond motifs is 1. The smallest absolute Gasteiger partial charge is 0.379 e. The summed E-state index contributed by atoms with van der Waals surface area (Å²) in [5, 5.41) is 0. The van der Waals surface area contributed by atoms with Crippen molar-refractivity contribution in [2.45, 2.75) is 6.92 Å². The van der Waals surface area contributed by atoms with Crippen LogP contribution in [-0.2, 0) is 9.53 Å². The van der Waals surface area contributed by atoms with Crippen molar-refractivity contribution in [3.8, 4) is 11.5 Å². The Bertz CT molecular complexity index is 543. The second-order valence-corrected chi connectivity index (χ2v) is 4.48. The fraction of sp³-hybridized carbons (Fsp3) is 0.333. The fourth-order valence-corrected chi connectivity index (χ4v) is 2.19. The average Bonchev–Trinajstić information content (AvgIpc) is 2.38. The average molecular weight is 333 g/mol. The molecule has 0 aliphatic carbocycles. The van der Waals surface area contributed by atoms with E-state index < -0.39 is 23.1 Å². The van der Waals surface area contributed by atoms with Crippen molar-refractivity contribution in [2.24, 2.45) is 0 Å². The number of Topliss-reactive ketones (excluding diaryl/α,β-unsaturated/α-hetero) is 1. The molecule has 0 radical (unpaired) electrons. The van der Waals surface area contributed by atoms with Crippen molar-refractivity contribution < 1.29 is 28.2 Å². The van der Waals surface area contributed by atoms with E-state index in [1.165, 1.54) is 6.07 Å². The summed E-state index contributed by atoms with van der Waals surface area (Å²) < 4.78 is 29.2. The molecule has 1 heterocycles. The number of halogens is 2.